The lowest BCUT2D eigenvalue weighted by atomic mass is 10.1. The monoisotopic (exact) mass is 975 g/mol. The summed E-state index contributed by atoms with van der Waals surface area (Å²) >= 11 is 0. The fourth-order valence-electron chi connectivity index (χ4n) is 8.16. The molecule has 70 heavy (non-hydrogen) atoms. The van der Waals surface area contributed by atoms with E-state index in [0.717, 1.165) is 103 Å². The van der Waals surface area contributed by atoms with Crippen LogP contribution < -0.4 is 0 Å². The van der Waals surface area contributed by atoms with Crippen LogP contribution in [0.25, 0.3) is 0 Å². The molecule has 0 saturated heterocycles. The van der Waals surface area contributed by atoms with E-state index in [1.807, 2.05) is 0 Å². The van der Waals surface area contributed by atoms with Crippen LogP contribution >= 0.6 is 0 Å². The van der Waals surface area contributed by atoms with Gasteiger partial charge in [0.2, 0.25) is 0 Å². The van der Waals surface area contributed by atoms with Gasteiger partial charge in [0.1, 0.15) is 13.2 Å². The molecule has 0 radical (unpaired) electrons. The largest absolute Gasteiger partial charge is 0.462 e. The van der Waals surface area contributed by atoms with Gasteiger partial charge in [-0.3, -0.25) is 14.4 Å². The number of esters is 3. The number of hydrogen-bond donors (Lipinski definition) is 0. The number of rotatable bonds is 53. The van der Waals surface area contributed by atoms with E-state index in [0.29, 0.717) is 19.3 Å². The van der Waals surface area contributed by atoms with Crippen molar-refractivity contribution >= 4 is 17.9 Å². The first kappa shape index (κ1) is 66.6. The van der Waals surface area contributed by atoms with Crippen molar-refractivity contribution in [3.63, 3.8) is 0 Å². The molecule has 0 spiro atoms. The van der Waals surface area contributed by atoms with E-state index in [-0.39, 0.29) is 31.1 Å². The van der Waals surface area contributed by atoms with Gasteiger partial charge in [0.15, 0.2) is 6.10 Å². The average Bonchev–Trinajstić information content (AvgIpc) is 3.36. The topological polar surface area (TPSA) is 78.9 Å². The molecule has 0 aliphatic heterocycles. The van der Waals surface area contributed by atoms with Gasteiger partial charge >= 0.3 is 17.9 Å². The molecule has 0 aliphatic rings. The quantitative estimate of drug-likeness (QED) is 0.0261. The molecule has 6 nitrogen and oxygen atoms in total. The van der Waals surface area contributed by atoms with Crippen LogP contribution in [0.5, 0.6) is 0 Å². The first-order valence-electron chi connectivity index (χ1n) is 29.6. The Morgan fingerprint density at radius 2 is 0.557 bits per heavy atom. The van der Waals surface area contributed by atoms with Crippen molar-refractivity contribution in [2.45, 2.75) is 290 Å². The third-order valence-electron chi connectivity index (χ3n) is 12.6. The van der Waals surface area contributed by atoms with Crippen LogP contribution in [0.1, 0.15) is 284 Å². The second-order valence-corrected chi connectivity index (χ2v) is 19.5. The van der Waals surface area contributed by atoms with Crippen molar-refractivity contribution in [1.29, 1.82) is 0 Å². The van der Waals surface area contributed by atoms with E-state index < -0.39 is 6.10 Å². The lowest BCUT2D eigenvalue weighted by Crippen LogP contribution is -2.30. The van der Waals surface area contributed by atoms with Gasteiger partial charge in [-0.15, -0.1) is 0 Å². The molecule has 0 amide bonds. The summed E-state index contributed by atoms with van der Waals surface area (Å²) in [6.07, 6.45) is 75.7. The molecule has 0 aliphatic carbocycles. The Morgan fingerprint density at radius 3 is 0.929 bits per heavy atom. The second-order valence-electron chi connectivity index (χ2n) is 19.5. The highest BCUT2D eigenvalue weighted by molar-refractivity contribution is 5.71. The summed E-state index contributed by atoms with van der Waals surface area (Å²) in [5, 5.41) is 0. The highest BCUT2D eigenvalue weighted by atomic mass is 16.6. The zero-order valence-corrected chi connectivity index (χ0v) is 46.0. The Morgan fingerprint density at radius 1 is 0.300 bits per heavy atom. The predicted octanol–water partition coefficient (Wildman–Crippen LogP) is 19.9. The third kappa shape index (κ3) is 55.5. The van der Waals surface area contributed by atoms with Crippen LogP contribution in [-0.4, -0.2) is 37.2 Å². The van der Waals surface area contributed by atoms with Crippen LogP contribution in [-0.2, 0) is 28.6 Å². The fraction of sp³-hybridized carbons (Fsp3) is 0.734. The van der Waals surface area contributed by atoms with Gasteiger partial charge in [0.25, 0.3) is 0 Å². The van der Waals surface area contributed by atoms with E-state index in [4.69, 9.17) is 14.2 Å². The highest BCUT2D eigenvalue weighted by Gasteiger charge is 2.19. The minimum absolute atomic E-state index is 0.0920. The second kappa shape index (κ2) is 58.2. The van der Waals surface area contributed by atoms with Crippen molar-refractivity contribution in [3.8, 4) is 0 Å². The summed E-state index contributed by atoms with van der Waals surface area (Å²) in [5.74, 6) is -0.929. The molecule has 402 valence electrons. The van der Waals surface area contributed by atoms with Gasteiger partial charge < -0.3 is 14.2 Å². The fourth-order valence-corrected chi connectivity index (χ4v) is 8.16. The number of hydrogen-bond acceptors (Lipinski definition) is 6. The Kier molecular flexibility index (Phi) is 55.3. The van der Waals surface area contributed by atoms with Crippen LogP contribution in [0.3, 0.4) is 0 Å². The minimum atomic E-state index is -0.797. The van der Waals surface area contributed by atoms with Crippen LogP contribution in [0.15, 0.2) is 85.1 Å². The van der Waals surface area contributed by atoms with Gasteiger partial charge in [0, 0.05) is 19.3 Å². The predicted molar refractivity (Wildman–Crippen MR) is 302 cm³/mol. The maximum Gasteiger partial charge on any atom is 0.306 e. The van der Waals surface area contributed by atoms with E-state index in [1.54, 1.807) is 0 Å². The smallest absolute Gasteiger partial charge is 0.306 e. The third-order valence-corrected chi connectivity index (χ3v) is 12.6. The van der Waals surface area contributed by atoms with E-state index in [1.165, 1.54) is 141 Å². The molecule has 0 fully saturated rings. The maximum absolute atomic E-state index is 12.9. The maximum atomic E-state index is 12.9. The molecule has 0 bridgehead atoms. The summed E-state index contributed by atoms with van der Waals surface area (Å²) < 4.78 is 16.9. The lowest BCUT2D eigenvalue weighted by Gasteiger charge is -2.18. The molecule has 0 aromatic carbocycles. The number of carbonyl (C=O) groups excluding carboxylic acids is 3. The molecule has 0 aromatic heterocycles. The standard InChI is InChI=1S/C64H110O6/c1-4-7-10-13-16-19-22-25-28-31-32-34-36-39-42-45-48-51-54-57-63(66)69-60-61(59-68-62(65)56-53-50-47-44-41-38-35-30-27-24-21-18-15-12-9-6-3)70-64(67)58-55-52-49-46-43-40-37-33-29-26-23-20-17-14-11-8-5-2/h9,12,17-18,20-21,26-27,29-32,38,41,61H,4-8,10-11,13-16,19,22-25,28,33-37,39-40,42-60H2,1-3H3/b12-9-,20-17-,21-18-,29-26-,30-27-,32-31-,41-38-. The molecule has 0 heterocycles. The normalized spacial score (nSPS) is 12.7. The van der Waals surface area contributed by atoms with Crippen LogP contribution in [0, 0.1) is 0 Å². The summed E-state index contributed by atoms with van der Waals surface area (Å²) in [5.41, 5.74) is 0. The number of unbranched alkanes of at least 4 members (excludes halogenated alkanes) is 28. The average molecular weight is 976 g/mol. The van der Waals surface area contributed by atoms with Gasteiger partial charge in [-0.1, -0.05) is 234 Å². The molecule has 6 heteroatoms. The summed E-state index contributed by atoms with van der Waals surface area (Å²) in [4.78, 5) is 38.2. The first-order chi connectivity index (χ1) is 34.5. The van der Waals surface area contributed by atoms with E-state index in [9.17, 15) is 14.4 Å². The van der Waals surface area contributed by atoms with Gasteiger partial charge in [0.05, 0.1) is 0 Å². The Labute approximate surface area is 433 Å². The van der Waals surface area contributed by atoms with Crippen molar-refractivity contribution in [2.24, 2.45) is 0 Å². The zero-order valence-electron chi connectivity index (χ0n) is 46.0. The highest BCUT2D eigenvalue weighted by Crippen LogP contribution is 2.15. The summed E-state index contributed by atoms with van der Waals surface area (Å²) in [6, 6.07) is 0. The molecule has 1 unspecified atom stereocenters. The molecule has 0 N–H and O–H groups in total. The van der Waals surface area contributed by atoms with Crippen molar-refractivity contribution < 1.29 is 28.6 Å². The Hall–Kier alpha value is -3.41. The van der Waals surface area contributed by atoms with E-state index in [2.05, 4.69) is 106 Å². The molecule has 0 rings (SSSR count). The first-order valence-corrected chi connectivity index (χ1v) is 29.6. The SMILES string of the molecule is CC/C=C\C/C=C\C/C=C\C/C=C\CCCCCC(=O)OCC(COC(=O)CCCCCCCCC/C=C\CCCCCCCCCC)OC(=O)CCCCCCCCC/C=C\C/C=C\CCCCC. The molecular weight excluding hydrogens is 865 g/mol. The molecular formula is C64H110O6. The van der Waals surface area contributed by atoms with Crippen molar-refractivity contribution in [2.75, 3.05) is 13.2 Å². The number of ether oxygens (including phenoxy) is 3. The minimum Gasteiger partial charge on any atom is -0.462 e. The molecule has 1 atom stereocenters. The van der Waals surface area contributed by atoms with E-state index >= 15 is 0 Å². The Balaban J connectivity index is 4.44. The molecule has 0 saturated carbocycles. The number of carbonyl (C=O) groups is 3. The summed E-state index contributed by atoms with van der Waals surface area (Å²) in [7, 11) is 0. The summed E-state index contributed by atoms with van der Waals surface area (Å²) in [6.45, 7) is 6.48. The van der Waals surface area contributed by atoms with Gasteiger partial charge in [-0.2, -0.15) is 0 Å². The van der Waals surface area contributed by atoms with Gasteiger partial charge in [-0.05, 0) is 116 Å². The van der Waals surface area contributed by atoms with Crippen LogP contribution in [0.2, 0.25) is 0 Å². The zero-order chi connectivity index (χ0) is 50.7. The van der Waals surface area contributed by atoms with Gasteiger partial charge in [-0.25, -0.2) is 0 Å². The Bertz CT molecular complexity index is 1350. The van der Waals surface area contributed by atoms with Crippen molar-refractivity contribution in [1.82, 2.24) is 0 Å². The number of allylic oxidation sites excluding steroid dienone is 14. The van der Waals surface area contributed by atoms with Crippen molar-refractivity contribution in [3.05, 3.63) is 85.1 Å². The van der Waals surface area contributed by atoms with Crippen LogP contribution in [0.4, 0.5) is 0 Å². The lowest BCUT2D eigenvalue weighted by molar-refractivity contribution is -0.167. The molecule has 0 aromatic rings.